The van der Waals surface area contributed by atoms with Crippen LogP contribution in [0.3, 0.4) is 0 Å². The van der Waals surface area contributed by atoms with Gasteiger partial charge in [0.15, 0.2) is 0 Å². The molecule has 2 rings (SSSR count). The third kappa shape index (κ3) is 2.47. The third-order valence-corrected chi connectivity index (χ3v) is 2.96. The van der Waals surface area contributed by atoms with Crippen LogP contribution < -0.4 is 0 Å². The molecule has 96 valence electrons. The highest BCUT2D eigenvalue weighted by atomic mass is 16.6. The first kappa shape index (κ1) is 13.3. The predicted octanol–water partition coefficient (Wildman–Crippen LogP) is 3.12. The summed E-state index contributed by atoms with van der Waals surface area (Å²) in [5.74, 6) is -0.619. The number of nitro benzene ring substituents is 1. The van der Waals surface area contributed by atoms with E-state index in [0.29, 0.717) is 16.7 Å². The Labute approximate surface area is 115 Å². The first-order chi connectivity index (χ1) is 9.67. The van der Waals surface area contributed by atoms with Gasteiger partial charge in [-0.2, -0.15) is 10.5 Å². The summed E-state index contributed by atoms with van der Waals surface area (Å²) in [6.45, 7) is 0. The highest BCUT2D eigenvalue weighted by Crippen LogP contribution is 2.27. The van der Waals surface area contributed by atoms with Crippen molar-refractivity contribution in [3.63, 3.8) is 0 Å². The maximum Gasteiger partial charge on any atom is 0.269 e. The first-order valence-electron chi connectivity index (χ1n) is 5.80. The van der Waals surface area contributed by atoms with Crippen LogP contribution in [-0.2, 0) is 0 Å². The van der Waals surface area contributed by atoms with Crippen molar-refractivity contribution in [2.75, 3.05) is 0 Å². The molecule has 5 nitrogen and oxygen atoms in total. The van der Waals surface area contributed by atoms with E-state index in [9.17, 15) is 15.4 Å². The second-order valence-corrected chi connectivity index (χ2v) is 4.11. The van der Waals surface area contributed by atoms with Crippen LogP contribution in [0.1, 0.15) is 22.6 Å². The zero-order chi connectivity index (χ0) is 14.5. The molecule has 1 unspecified atom stereocenters. The average Bonchev–Trinajstić information content (AvgIpc) is 2.49. The van der Waals surface area contributed by atoms with E-state index in [1.807, 2.05) is 0 Å². The number of rotatable bonds is 3. The van der Waals surface area contributed by atoms with Gasteiger partial charge < -0.3 is 0 Å². The maximum atomic E-state index is 10.6. The van der Waals surface area contributed by atoms with Crippen molar-refractivity contribution in [1.82, 2.24) is 0 Å². The quantitative estimate of drug-likeness (QED) is 0.628. The van der Waals surface area contributed by atoms with Gasteiger partial charge in [0, 0.05) is 12.1 Å². The zero-order valence-corrected chi connectivity index (χ0v) is 10.4. The molecule has 0 aliphatic rings. The summed E-state index contributed by atoms with van der Waals surface area (Å²) in [7, 11) is 0. The summed E-state index contributed by atoms with van der Waals surface area (Å²) < 4.78 is 0. The fourth-order valence-corrected chi connectivity index (χ4v) is 1.96. The number of benzene rings is 2. The Hall–Kier alpha value is -3.18. The van der Waals surface area contributed by atoms with E-state index in [1.54, 1.807) is 36.4 Å². The second-order valence-electron chi connectivity index (χ2n) is 4.11. The molecule has 0 N–H and O–H groups in total. The Morgan fingerprint density at radius 3 is 2.25 bits per heavy atom. The summed E-state index contributed by atoms with van der Waals surface area (Å²) >= 11 is 0. The van der Waals surface area contributed by atoms with Crippen LogP contribution in [0, 0.1) is 32.8 Å². The first-order valence-corrected chi connectivity index (χ1v) is 5.80. The SMILES string of the molecule is N#Cc1ccccc1C(C#N)c1ccc([N+](=O)[O-])cc1. The van der Waals surface area contributed by atoms with E-state index in [0.717, 1.165) is 0 Å². The number of nitro groups is 1. The molecule has 0 aromatic heterocycles. The Kier molecular flexibility index (Phi) is 3.74. The molecule has 0 aliphatic carbocycles. The largest absolute Gasteiger partial charge is 0.269 e. The van der Waals surface area contributed by atoms with Crippen molar-refractivity contribution in [3.8, 4) is 12.1 Å². The smallest absolute Gasteiger partial charge is 0.258 e. The highest BCUT2D eigenvalue weighted by molar-refractivity contribution is 5.48. The molecule has 5 heteroatoms. The summed E-state index contributed by atoms with van der Waals surface area (Å²) in [4.78, 5) is 10.1. The van der Waals surface area contributed by atoms with Crippen molar-refractivity contribution in [2.45, 2.75) is 5.92 Å². The number of non-ortho nitro benzene ring substituents is 1. The summed E-state index contributed by atoms with van der Waals surface area (Å²) in [6, 6.07) is 16.8. The third-order valence-electron chi connectivity index (χ3n) is 2.96. The van der Waals surface area contributed by atoms with Crippen molar-refractivity contribution >= 4 is 5.69 Å². The summed E-state index contributed by atoms with van der Waals surface area (Å²) in [5.41, 5.74) is 1.63. The molecule has 0 saturated carbocycles. The lowest BCUT2D eigenvalue weighted by atomic mass is 9.89. The van der Waals surface area contributed by atoms with Gasteiger partial charge in [-0.25, -0.2) is 0 Å². The van der Waals surface area contributed by atoms with Crippen molar-refractivity contribution in [3.05, 3.63) is 75.3 Å². The number of hydrogen-bond donors (Lipinski definition) is 0. The molecule has 0 radical (unpaired) electrons. The van der Waals surface area contributed by atoms with E-state index in [2.05, 4.69) is 12.1 Å². The number of nitriles is 2. The molecular weight excluding hydrogens is 254 g/mol. The van der Waals surface area contributed by atoms with Gasteiger partial charge in [0.2, 0.25) is 0 Å². The molecule has 20 heavy (non-hydrogen) atoms. The van der Waals surface area contributed by atoms with Crippen molar-refractivity contribution < 1.29 is 4.92 Å². The van der Waals surface area contributed by atoms with Crippen LogP contribution in [-0.4, -0.2) is 4.92 Å². The molecule has 0 amide bonds. The van der Waals surface area contributed by atoms with Gasteiger partial charge in [0.05, 0.1) is 28.5 Å². The molecule has 1 atom stereocenters. The molecule has 0 saturated heterocycles. The van der Waals surface area contributed by atoms with Gasteiger partial charge in [0.25, 0.3) is 5.69 Å². The lowest BCUT2D eigenvalue weighted by Gasteiger charge is -2.11. The lowest BCUT2D eigenvalue weighted by Crippen LogP contribution is -2.01. The van der Waals surface area contributed by atoms with E-state index in [1.165, 1.54) is 12.1 Å². The molecule has 2 aromatic rings. The Morgan fingerprint density at radius 2 is 1.70 bits per heavy atom. The van der Waals surface area contributed by atoms with Gasteiger partial charge >= 0.3 is 0 Å². The molecule has 0 fully saturated rings. The molecule has 0 spiro atoms. The maximum absolute atomic E-state index is 10.6. The van der Waals surface area contributed by atoms with Crippen LogP contribution in [0.5, 0.6) is 0 Å². The monoisotopic (exact) mass is 263 g/mol. The molecule has 0 heterocycles. The minimum Gasteiger partial charge on any atom is -0.258 e. The minimum atomic E-state index is -0.619. The van der Waals surface area contributed by atoms with E-state index >= 15 is 0 Å². The van der Waals surface area contributed by atoms with Crippen molar-refractivity contribution in [2.24, 2.45) is 0 Å². The minimum absolute atomic E-state index is 0.0287. The van der Waals surface area contributed by atoms with Gasteiger partial charge in [-0.15, -0.1) is 0 Å². The highest BCUT2D eigenvalue weighted by Gasteiger charge is 2.17. The average molecular weight is 263 g/mol. The Balaban J connectivity index is 2.46. The van der Waals surface area contributed by atoms with E-state index in [-0.39, 0.29) is 5.69 Å². The molecular formula is C15H9N3O2. The summed E-state index contributed by atoms with van der Waals surface area (Å²) in [5, 5.41) is 29.0. The van der Waals surface area contributed by atoms with Gasteiger partial charge in [-0.3, -0.25) is 10.1 Å². The Bertz CT molecular complexity index is 724. The van der Waals surface area contributed by atoms with Crippen LogP contribution in [0.4, 0.5) is 5.69 Å². The molecule has 2 aromatic carbocycles. The van der Waals surface area contributed by atoms with Gasteiger partial charge in [-0.05, 0) is 17.2 Å². The lowest BCUT2D eigenvalue weighted by molar-refractivity contribution is -0.384. The van der Waals surface area contributed by atoms with Crippen LogP contribution in [0.15, 0.2) is 48.5 Å². The van der Waals surface area contributed by atoms with Crippen molar-refractivity contribution in [1.29, 1.82) is 10.5 Å². The standard InChI is InChI=1S/C15H9N3O2/c16-9-12-3-1-2-4-14(12)15(10-17)11-5-7-13(8-6-11)18(19)20/h1-8,15H. The second kappa shape index (κ2) is 5.64. The topological polar surface area (TPSA) is 90.7 Å². The van der Waals surface area contributed by atoms with E-state index in [4.69, 9.17) is 5.26 Å². The normalized spacial score (nSPS) is 11.1. The number of hydrogen-bond acceptors (Lipinski definition) is 4. The zero-order valence-electron chi connectivity index (χ0n) is 10.4. The predicted molar refractivity (Wildman–Crippen MR) is 71.7 cm³/mol. The van der Waals surface area contributed by atoms with Crippen LogP contribution >= 0.6 is 0 Å². The van der Waals surface area contributed by atoms with Gasteiger partial charge in [0.1, 0.15) is 0 Å². The Morgan fingerprint density at radius 1 is 1.05 bits per heavy atom. The van der Waals surface area contributed by atoms with Crippen LogP contribution in [0.25, 0.3) is 0 Å². The fourth-order valence-electron chi connectivity index (χ4n) is 1.96. The van der Waals surface area contributed by atoms with Crippen LogP contribution in [0.2, 0.25) is 0 Å². The fraction of sp³-hybridized carbons (Fsp3) is 0.0667. The molecule has 0 bridgehead atoms. The number of nitrogens with zero attached hydrogens (tertiary/aromatic N) is 3. The molecule has 0 aliphatic heterocycles. The summed E-state index contributed by atoms with van der Waals surface area (Å²) in [6.07, 6.45) is 0. The van der Waals surface area contributed by atoms with E-state index < -0.39 is 10.8 Å². The van der Waals surface area contributed by atoms with Gasteiger partial charge in [-0.1, -0.05) is 30.3 Å².